The summed E-state index contributed by atoms with van der Waals surface area (Å²) in [5, 5.41) is 0.666. The number of hydrogen-bond donors (Lipinski definition) is 1. The van der Waals surface area contributed by atoms with E-state index in [1.807, 2.05) is 12.1 Å². The third-order valence-electron chi connectivity index (χ3n) is 3.69. The van der Waals surface area contributed by atoms with Gasteiger partial charge in [0.05, 0.1) is 10.7 Å². The summed E-state index contributed by atoms with van der Waals surface area (Å²) in [5.41, 5.74) is 7.63. The van der Waals surface area contributed by atoms with Gasteiger partial charge in [-0.25, -0.2) is 0 Å². The van der Waals surface area contributed by atoms with Gasteiger partial charge in [-0.05, 0) is 37.6 Å². The van der Waals surface area contributed by atoms with Gasteiger partial charge in [0.1, 0.15) is 0 Å². The number of rotatable bonds is 3. The largest absolute Gasteiger partial charge is 0.398 e. The van der Waals surface area contributed by atoms with Gasteiger partial charge in [-0.1, -0.05) is 36.9 Å². The lowest BCUT2D eigenvalue weighted by Gasteiger charge is -2.31. The van der Waals surface area contributed by atoms with Crippen molar-refractivity contribution in [1.29, 1.82) is 0 Å². The standard InChI is InChI=1S/C14H21ClN2/c1-17(12-5-3-2-4-6-12)10-11-7-8-14(16)13(15)9-11/h7-9,12H,2-6,10,16H2,1H3. The average Bonchev–Trinajstić information content (AvgIpc) is 2.35. The Morgan fingerprint density at radius 1 is 1.29 bits per heavy atom. The Kier molecular flexibility index (Phi) is 4.30. The van der Waals surface area contributed by atoms with Crippen LogP contribution in [0.15, 0.2) is 18.2 Å². The summed E-state index contributed by atoms with van der Waals surface area (Å²) in [5.74, 6) is 0. The zero-order chi connectivity index (χ0) is 12.3. The van der Waals surface area contributed by atoms with Crippen LogP contribution in [0.1, 0.15) is 37.7 Å². The maximum Gasteiger partial charge on any atom is 0.0638 e. The molecule has 1 aliphatic carbocycles. The summed E-state index contributed by atoms with van der Waals surface area (Å²) < 4.78 is 0. The van der Waals surface area contributed by atoms with Gasteiger partial charge in [0.25, 0.3) is 0 Å². The maximum atomic E-state index is 6.04. The Morgan fingerprint density at radius 3 is 2.65 bits per heavy atom. The first-order valence-electron chi connectivity index (χ1n) is 6.41. The highest BCUT2D eigenvalue weighted by molar-refractivity contribution is 6.33. The molecule has 0 unspecified atom stereocenters. The van der Waals surface area contributed by atoms with E-state index in [4.69, 9.17) is 17.3 Å². The molecule has 94 valence electrons. The molecule has 0 saturated heterocycles. The predicted molar refractivity (Wildman–Crippen MR) is 74.2 cm³/mol. The van der Waals surface area contributed by atoms with Crippen molar-refractivity contribution < 1.29 is 0 Å². The summed E-state index contributed by atoms with van der Waals surface area (Å²) in [6.45, 7) is 0.963. The second kappa shape index (κ2) is 5.74. The summed E-state index contributed by atoms with van der Waals surface area (Å²) in [7, 11) is 2.21. The minimum atomic E-state index is 0.663. The third-order valence-corrected chi connectivity index (χ3v) is 4.02. The van der Waals surface area contributed by atoms with Gasteiger partial charge in [0.2, 0.25) is 0 Å². The van der Waals surface area contributed by atoms with Gasteiger partial charge < -0.3 is 5.73 Å². The highest BCUT2D eigenvalue weighted by Gasteiger charge is 2.17. The second-order valence-corrected chi connectivity index (χ2v) is 5.47. The smallest absolute Gasteiger partial charge is 0.0638 e. The fourth-order valence-corrected chi connectivity index (χ4v) is 2.81. The van der Waals surface area contributed by atoms with E-state index in [0.29, 0.717) is 10.7 Å². The molecule has 1 fully saturated rings. The van der Waals surface area contributed by atoms with Crippen LogP contribution in [0.25, 0.3) is 0 Å². The van der Waals surface area contributed by atoms with Crippen molar-refractivity contribution in [3.8, 4) is 0 Å². The Labute approximate surface area is 109 Å². The van der Waals surface area contributed by atoms with Crippen molar-refractivity contribution in [3.05, 3.63) is 28.8 Å². The normalized spacial score (nSPS) is 17.6. The number of nitrogens with two attached hydrogens (primary N) is 1. The van der Waals surface area contributed by atoms with Crippen molar-refractivity contribution >= 4 is 17.3 Å². The minimum absolute atomic E-state index is 0.663. The van der Waals surface area contributed by atoms with E-state index in [-0.39, 0.29) is 0 Å². The number of benzene rings is 1. The first-order valence-corrected chi connectivity index (χ1v) is 6.79. The Balaban J connectivity index is 1.96. The first-order chi connectivity index (χ1) is 8.16. The number of halogens is 1. The van der Waals surface area contributed by atoms with Gasteiger partial charge in [0, 0.05) is 12.6 Å². The van der Waals surface area contributed by atoms with Crippen LogP contribution in [-0.2, 0) is 6.54 Å². The molecule has 17 heavy (non-hydrogen) atoms. The Hall–Kier alpha value is -0.730. The second-order valence-electron chi connectivity index (χ2n) is 5.06. The van der Waals surface area contributed by atoms with Crippen molar-refractivity contribution in [2.45, 2.75) is 44.7 Å². The molecule has 1 aliphatic rings. The zero-order valence-electron chi connectivity index (χ0n) is 10.5. The van der Waals surface area contributed by atoms with E-state index >= 15 is 0 Å². The van der Waals surface area contributed by atoms with Crippen molar-refractivity contribution in [1.82, 2.24) is 4.90 Å². The molecule has 0 amide bonds. The van der Waals surface area contributed by atoms with E-state index < -0.39 is 0 Å². The van der Waals surface area contributed by atoms with Crippen molar-refractivity contribution in [3.63, 3.8) is 0 Å². The maximum absolute atomic E-state index is 6.04. The first kappa shape index (κ1) is 12.7. The molecule has 2 N–H and O–H groups in total. The van der Waals surface area contributed by atoms with Crippen LogP contribution in [0.3, 0.4) is 0 Å². The molecule has 1 saturated carbocycles. The summed E-state index contributed by atoms with van der Waals surface area (Å²) in [6, 6.07) is 6.68. The van der Waals surface area contributed by atoms with Crippen molar-refractivity contribution in [2.24, 2.45) is 0 Å². The van der Waals surface area contributed by atoms with Crippen LogP contribution in [0, 0.1) is 0 Å². The predicted octanol–water partition coefficient (Wildman–Crippen LogP) is 3.69. The van der Waals surface area contributed by atoms with E-state index in [1.165, 1.54) is 37.7 Å². The fourth-order valence-electron chi connectivity index (χ4n) is 2.61. The lowest BCUT2D eigenvalue weighted by atomic mass is 9.94. The van der Waals surface area contributed by atoms with Gasteiger partial charge >= 0.3 is 0 Å². The molecule has 0 atom stereocenters. The molecule has 0 heterocycles. The third kappa shape index (κ3) is 3.36. The fraction of sp³-hybridized carbons (Fsp3) is 0.571. The molecular weight excluding hydrogens is 232 g/mol. The molecule has 1 aromatic rings. The molecule has 0 aliphatic heterocycles. The molecule has 0 spiro atoms. The van der Waals surface area contributed by atoms with Crippen LogP contribution < -0.4 is 5.73 Å². The van der Waals surface area contributed by atoms with E-state index in [9.17, 15) is 0 Å². The van der Waals surface area contributed by atoms with Gasteiger partial charge in [-0.2, -0.15) is 0 Å². The quantitative estimate of drug-likeness (QED) is 0.832. The Bertz CT molecular complexity index is 372. The lowest BCUT2D eigenvalue weighted by molar-refractivity contribution is 0.184. The molecule has 2 nitrogen and oxygen atoms in total. The highest BCUT2D eigenvalue weighted by Crippen LogP contribution is 2.24. The van der Waals surface area contributed by atoms with E-state index in [1.54, 1.807) is 0 Å². The number of anilines is 1. The number of hydrogen-bond acceptors (Lipinski definition) is 2. The van der Waals surface area contributed by atoms with Crippen LogP contribution in [0.4, 0.5) is 5.69 Å². The van der Waals surface area contributed by atoms with Gasteiger partial charge in [-0.3, -0.25) is 4.90 Å². The monoisotopic (exact) mass is 252 g/mol. The molecular formula is C14H21ClN2. The van der Waals surface area contributed by atoms with Crippen LogP contribution in [-0.4, -0.2) is 18.0 Å². The number of nitrogens with zero attached hydrogens (tertiary/aromatic N) is 1. The highest BCUT2D eigenvalue weighted by atomic mass is 35.5. The summed E-state index contributed by atoms with van der Waals surface area (Å²) in [4.78, 5) is 2.45. The summed E-state index contributed by atoms with van der Waals surface area (Å²) >= 11 is 6.04. The minimum Gasteiger partial charge on any atom is -0.398 e. The Morgan fingerprint density at radius 2 is 2.00 bits per heavy atom. The summed E-state index contributed by atoms with van der Waals surface area (Å²) in [6.07, 6.45) is 6.81. The average molecular weight is 253 g/mol. The van der Waals surface area contributed by atoms with Crippen LogP contribution in [0.5, 0.6) is 0 Å². The van der Waals surface area contributed by atoms with Crippen molar-refractivity contribution in [2.75, 3.05) is 12.8 Å². The topological polar surface area (TPSA) is 29.3 Å². The molecule has 0 bridgehead atoms. The van der Waals surface area contributed by atoms with Crippen LogP contribution >= 0.6 is 11.6 Å². The van der Waals surface area contributed by atoms with Crippen LogP contribution in [0.2, 0.25) is 5.02 Å². The van der Waals surface area contributed by atoms with E-state index in [2.05, 4.69) is 18.0 Å². The van der Waals surface area contributed by atoms with Gasteiger partial charge in [-0.15, -0.1) is 0 Å². The van der Waals surface area contributed by atoms with E-state index in [0.717, 1.165) is 12.6 Å². The SMILES string of the molecule is CN(Cc1ccc(N)c(Cl)c1)C1CCCCC1. The zero-order valence-corrected chi connectivity index (χ0v) is 11.2. The molecule has 3 heteroatoms. The number of nitrogen functional groups attached to an aromatic ring is 1. The molecule has 1 aromatic carbocycles. The lowest BCUT2D eigenvalue weighted by Crippen LogP contribution is -2.32. The van der Waals surface area contributed by atoms with Gasteiger partial charge in [0.15, 0.2) is 0 Å². The molecule has 0 radical (unpaired) electrons. The molecule has 2 rings (SSSR count). The molecule has 0 aromatic heterocycles.